The molecule has 0 heterocycles. The summed E-state index contributed by atoms with van der Waals surface area (Å²) in [5.41, 5.74) is 0.0347. The van der Waals surface area contributed by atoms with Crippen LogP contribution in [0.15, 0.2) is 18.2 Å². The maximum Gasteiger partial charge on any atom is 0.299 e. The molecular formula is C14H19N3O4. The van der Waals surface area contributed by atoms with Crippen molar-refractivity contribution in [2.24, 2.45) is 5.41 Å². The van der Waals surface area contributed by atoms with Gasteiger partial charge < -0.3 is 5.32 Å². The predicted octanol–water partition coefficient (Wildman–Crippen LogP) is 3.89. The van der Waals surface area contributed by atoms with Crippen LogP contribution in [0.25, 0.3) is 0 Å². The Labute approximate surface area is 122 Å². The molecule has 0 spiro atoms. The molecular weight excluding hydrogens is 274 g/mol. The van der Waals surface area contributed by atoms with E-state index in [1.165, 1.54) is 25.0 Å². The molecule has 0 saturated heterocycles. The molecule has 1 saturated carbocycles. The maximum absolute atomic E-state index is 11.1. The molecule has 114 valence electrons. The smallest absolute Gasteiger partial charge is 0.299 e. The van der Waals surface area contributed by atoms with Gasteiger partial charge >= 0.3 is 0 Å². The minimum atomic E-state index is -0.624. The molecule has 1 aliphatic carbocycles. The van der Waals surface area contributed by atoms with E-state index < -0.39 is 9.85 Å². The van der Waals surface area contributed by atoms with Gasteiger partial charge in [-0.2, -0.15) is 0 Å². The third-order valence-electron chi connectivity index (χ3n) is 4.46. The van der Waals surface area contributed by atoms with E-state index in [0.717, 1.165) is 25.3 Å². The van der Waals surface area contributed by atoms with E-state index in [2.05, 4.69) is 12.2 Å². The summed E-state index contributed by atoms with van der Waals surface area (Å²) < 4.78 is 0. The number of nitrogens with one attached hydrogen (secondary N) is 1. The molecule has 0 aliphatic heterocycles. The lowest BCUT2D eigenvalue weighted by molar-refractivity contribution is -0.393. The lowest BCUT2D eigenvalue weighted by Gasteiger charge is -2.28. The van der Waals surface area contributed by atoms with Crippen LogP contribution in [-0.4, -0.2) is 16.4 Å². The van der Waals surface area contributed by atoms with Crippen molar-refractivity contribution in [3.05, 3.63) is 38.4 Å². The highest BCUT2D eigenvalue weighted by atomic mass is 16.6. The van der Waals surface area contributed by atoms with Crippen molar-refractivity contribution in [1.29, 1.82) is 0 Å². The number of nitro benzene ring substituents is 2. The molecule has 0 aromatic heterocycles. The number of nitrogens with zero attached hydrogens (tertiary/aromatic N) is 2. The summed E-state index contributed by atoms with van der Waals surface area (Å²) in [6.45, 7) is 2.80. The minimum Gasteiger partial charge on any atom is -0.379 e. The van der Waals surface area contributed by atoms with E-state index >= 15 is 0 Å². The van der Waals surface area contributed by atoms with Crippen LogP contribution in [0.1, 0.15) is 39.0 Å². The average molecular weight is 293 g/mol. The Balaban J connectivity index is 2.19. The summed E-state index contributed by atoms with van der Waals surface area (Å²) in [7, 11) is 0. The quantitative estimate of drug-likeness (QED) is 0.633. The van der Waals surface area contributed by atoms with Crippen molar-refractivity contribution in [3.63, 3.8) is 0 Å². The highest BCUT2D eigenvalue weighted by Crippen LogP contribution is 2.41. The van der Waals surface area contributed by atoms with E-state index in [1.807, 2.05) is 0 Å². The number of anilines is 1. The van der Waals surface area contributed by atoms with Gasteiger partial charge in [-0.1, -0.05) is 19.8 Å². The van der Waals surface area contributed by atoms with Crippen molar-refractivity contribution in [2.45, 2.75) is 39.0 Å². The topological polar surface area (TPSA) is 98.3 Å². The number of benzene rings is 1. The van der Waals surface area contributed by atoms with E-state index in [4.69, 9.17) is 0 Å². The second-order valence-electron chi connectivity index (χ2n) is 5.63. The van der Waals surface area contributed by atoms with Crippen molar-refractivity contribution < 1.29 is 9.85 Å². The molecule has 0 atom stereocenters. The molecule has 7 nitrogen and oxygen atoms in total. The van der Waals surface area contributed by atoms with Crippen LogP contribution in [0.2, 0.25) is 0 Å². The van der Waals surface area contributed by atoms with Crippen LogP contribution in [0.4, 0.5) is 17.1 Å². The molecule has 7 heteroatoms. The first kappa shape index (κ1) is 15.2. The molecule has 1 N–H and O–H groups in total. The second-order valence-corrected chi connectivity index (χ2v) is 5.63. The summed E-state index contributed by atoms with van der Waals surface area (Å²) >= 11 is 0. The van der Waals surface area contributed by atoms with Crippen LogP contribution in [0, 0.1) is 25.6 Å². The third kappa shape index (κ3) is 3.29. The van der Waals surface area contributed by atoms with Gasteiger partial charge in [0.2, 0.25) is 0 Å². The predicted molar refractivity (Wildman–Crippen MR) is 79.4 cm³/mol. The van der Waals surface area contributed by atoms with Crippen LogP contribution < -0.4 is 5.32 Å². The molecule has 0 unspecified atom stereocenters. The molecule has 1 fully saturated rings. The SMILES string of the molecule is CCC1(CNc2ccc([N+](=O)[O-])cc2[N+](=O)[O-])CCCC1. The summed E-state index contributed by atoms with van der Waals surface area (Å²) in [5.74, 6) is 0. The number of rotatable bonds is 6. The number of non-ortho nitro benzene ring substituents is 1. The fraction of sp³-hybridized carbons (Fsp3) is 0.571. The zero-order chi connectivity index (χ0) is 15.5. The number of hydrogen-bond donors (Lipinski definition) is 1. The third-order valence-corrected chi connectivity index (χ3v) is 4.46. The van der Waals surface area contributed by atoms with E-state index in [9.17, 15) is 20.2 Å². The summed E-state index contributed by atoms with van der Waals surface area (Å²) in [4.78, 5) is 20.6. The van der Waals surface area contributed by atoms with Gasteiger partial charge in [-0.25, -0.2) is 0 Å². The monoisotopic (exact) mass is 293 g/mol. The van der Waals surface area contributed by atoms with Crippen molar-refractivity contribution in [2.75, 3.05) is 11.9 Å². The average Bonchev–Trinajstić information content (AvgIpc) is 2.94. The molecule has 1 aliphatic rings. The lowest BCUT2D eigenvalue weighted by Crippen LogP contribution is -2.26. The summed E-state index contributed by atoms with van der Waals surface area (Å²) in [6.07, 6.45) is 5.66. The Morgan fingerprint density at radius 1 is 1.19 bits per heavy atom. The molecule has 1 aromatic rings. The molecule has 2 rings (SSSR count). The number of hydrogen-bond acceptors (Lipinski definition) is 5. The van der Waals surface area contributed by atoms with Crippen LogP contribution in [-0.2, 0) is 0 Å². The second kappa shape index (κ2) is 6.07. The Bertz CT molecular complexity index is 553. The van der Waals surface area contributed by atoms with Crippen molar-refractivity contribution >= 4 is 17.1 Å². The fourth-order valence-corrected chi connectivity index (χ4v) is 3.00. The Morgan fingerprint density at radius 3 is 2.38 bits per heavy atom. The highest BCUT2D eigenvalue weighted by Gasteiger charge is 2.32. The Morgan fingerprint density at radius 2 is 1.86 bits per heavy atom. The minimum absolute atomic E-state index is 0.190. The van der Waals surface area contributed by atoms with Gasteiger partial charge in [0.15, 0.2) is 0 Å². The van der Waals surface area contributed by atoms with Gasteiger partial charge in [0.05, 0.1) is 15.9 Å². The first-order valence-corrected chi connectivity index (χ1v) is 7.14. The van der Waals surface area contributed by atoms with Crippen LogP contribution >= 0.6 is 0 Å². The fourth-order valence-electron chi connectivity index (χ4n) is 3.00. The van der Waals surface area contributed by atoms with Crippen LogP contribution in [0.3, 0.4) is 0 Å². The standard InChI is InChI=1S/C14H19N3O4/c1-2-14(7-3-4-8-14)10-15-12-6-5-11(16(18)19)9-13(12)17(20)21/h5-6,9,15H,2-4,7-8,10H2,1H3. The number of nitro groups is 2. The summed E-state index contributed by atoms with van der Waals surface area (Å²) in [5, 5.41) is 24.9. The lowest BCUT2D eigenvalue weighted by atomic mass is 9.83. The van der Waals surface area contributed by atoms with Gasteiger partial charge in [-0.3, -0.25) is 20.2 Å². The van der Waals surface area contributed by atoms with Crippen molar-refractivity contribution in [3.8, 4) is 0 Å². The zero-order valence-electron chi connectivity index (χ0n) is 12.0. The van der Waals surface area contributed by atoms with Crippen molar-refractivity contribution in [1.82, 2.24) is 0 Å². The molecule has 0 radical (unpaired) electrons. The largest absolute Gasteiger partial charge is 0.379 e. The Kier molecular flexibility index (Phi) is 4.40. The van der Waals surface area contributed by atoms with E-state index in [0.29, 0.717) is 12.2 Å². The van der Waals surface area contributed by atoms with E-state index in [1.54, 1.807) is 0 Å². The highest BCUT2D eigenvalue weighted by molar-refractivity contribution is 5.65. The summed E-state index contributed by atoms with van der Waals surface area (Å²) in [6, 6.07) is 3.73. The maximum atomic E-state index is 11.1. The van der Waals surface area contributed by atoms with Crippen LogP contribution in [0.5, 0.6) is 0 Å². The van der Waals surface area contributed by atoms with Gasteiger partial charge in [0.1, 0.15) is 5.69 Å². The van der Waals surface area contributed by atoms with Gasteiger partial charge in [0, 0.05) is 12.6 Å². The first-order chi connectivity index (χ1) is 9.97. The van der Waals surface area contributed by atoms with Gasteiger partial charge in [0.25, 0.3) is 11.4 Å². The first-order valence-electron chi connectivity index (χ1n) is 7.14. The van der Waals surface area contributed by atoms with Gasteiger partial charge in [-0.15, -0.1) is 0 Å². The van der Waals surface area contributed by atoms with Gasteiger partial charge in [-0.05, 0) is 30.7 Å². The molecule has 21 heavy (non-hydrogen) atoms. The Hall–Kier alpha value is -2.18. The molecule has 1 aromatic carbocycles. The zero-order valence-corrected chi connectivity index (χ0v) is 12.0. The molecule has 0 bridgehead atoms. The normalized spacial score (nSPS) is 16.6. The molecule has 0 amide bonds. The van der Waals surface area contributed by atoms with E-state index in [-0.39, 0.29) is 16.8 Å².